The Labute approximate surface area is 208 Å². The molecule has 0 saturated heterocycles. The molecule has 0 aliphatic carbocycles. The highest BCUT2D eigenvalue weighted by Gasteiger charge is 2.09. The molecule has 0 aliphatic rings. The number of rotatable bonds is 22. The first-order chi connectivity index (χ1) is 16.7. The minimum absolute atomic E-state index is 0.223. The van der Waals surface area contributed by atoms with Gasteiger partial charge in [-0.3, -0.25) is 0 Å². The molecular weight excluding hydrogens is 426 g/mol. The molecule has 4 N–H and O–H groups in total. The van der Waals surface area contributed by atoms with Crippen LogP contribution in [0.5, 0.6) is 5.75 Å². The SMILES string of the molecule is CCCCCCCCCCO/C(N)=N/C(CCCCCCCCC)OCNc1ccc(O)cc1. The molecular formula is C28H51N3O3. The summed E-state index contributed by atoms with van der Waals surface area (Å²) in [7, 11) is 0. The van der Waals surface area contributed by atoms with E-state index in [4.69, 9.17) is 15.2 Å². The van der Waals surface area contributed by atoms with Crippen LogP contribution in [0.4, 0.5) is 5.69 Å². The number of aromatic hydroxyl groups is 1. The summed E-state index contributed by atoms with van der Waals surface area (Å²) in [5.41, 5.74) is 6.94. The summed E-state index contributed by atoms with van der Waals surface area (Å²) in [6.45, 7) is 5.42. The zero-order chi connectivity index (χ0) is 24.7. The van der Waals surface area contributed by atoms with Gasteiger partial charge in [-0.15, -0.1) is 0 Å². The van der Waals surface area contributed by atoms with Gasteiger partial charge in [-0.2, -0.15) is 0 Å². The van der Waals surface area contributed by atoms with Crippen molar-refractivity contribution in [2.75, 3.05) is 18.7 Å². The second-order valence-corrected chi connectivity index (χ2v) is 9.19. The first-order valence-corrected chi connectivity index (χ1v) is 13.8. The molecule has 1 aromatic carbocycles. The molecule has 6 heteroatoms. The molecule has 0 amide bonds. The fourth-order valence-corrected chi connectivity index (χ4v) is 3.85. The van der Waals surface area contributed by atoms with Crippen LogP contribution in [0.15, 0.2) is 29.3 Å². The molecule has 0 radical (unpaired) electrons. The molecule has 0 spiro atoms. The van der Waals surface area contributed by atoms with Crippen molar-refractivity contribution in [3.63, 3.8) is 0 Å². The third kappa shape index (κ3) is 17.5. The molecule has 6 nitrogen and oxygen atoms in total. The van der Waals surface area contributed by atoms with Crippen LogP contribution in [0, 0.1) is 0 Å². The number of hydrogen-bond donors (Lipinski definition) is 3. The maximum Gasteiger partial charge on any atom is 0.284 e. The van der Waals surface area contributed by atoms with Gasteiger partial charge in [0.2, 0.25) is 0 Å². The molecule has 0 saturated carbocycles. The van der Waals surface area contributed by atoms with Crippen LogP contribution < -0.4 is 11.1 Å². The van der Waals surface area contributed by atoms with Gasteiger partial charge in [0.1, 0.15) is 12.5 Å². The highest BCUT2D eigenvalue weighted by molar-refractivity contribution is 5.71. The van der Waals surface area contributed by atoms with Gasteiger partial charge < -0.3 is 25.6 Å². The van der Waals surface area contributed by atoms with Crippen LogP contribution in [0.3, 0.4) is 0 Å². The predicted molar refractivity (Wildman–Crippen MR) is 144 cm³/mol. The van der Waals surface area contributed by atoms with Gasteiger partial charge in [-0.05, 0) is 43.5 Å². The van der Waals surface area contributed by atoms with Crippen molar-refractivity contribution in [1.29, 1.82) is 0 Å². The first-order valence-electron chi connectivity index (χ1n) is 13.8. The number of anilines is 1. The average molecular weight is 478 g/mol. The fourth-order valence-electron chi connectivity index (χ4n) is 3.85. The lowest BCUT2D eigenvalue weighted by Crippen LogP contribution is -2.23. The summed E-state index contributed by atoms with van der Waals surface area (Å²) in [4.78, 5) is 4.51. The third-order valence-electron chi connectivity index (χ3n) is 5.99. The highest BCUT2D eigenvalue weighted by Crippen LogP contribution is 2.15. The first kappa shape index (κ1) is 30.1. The van der Waals surface area contributed by atoms with Crippen molar-refractivity contribution in [2.24, 2.45) is 10.7 Å². The molecule has 0 heterocycles. The van der Waals surface area contributed by atoms with Gasteiger partial charge in [-0.25, -0.2) is 4.99 Å². The predicted octanol–water partition coefficient (Wildman–Crippen LogP) is 7.72. The lowest BCUT2D eigenvalue weighted by molar-refractivity contribution is 0.0625. The van der Waals surface area contributed by atoms with E-state index < -0.39 is 0 Å². The normalized spacial score (nSPS) is 12.6. The minimum Gasteiger partial charge on any atom is -0.508 e. The van der Waals surface area contributed by atoms with Crippen LogP contribution in [0.2, 0.25) is 0 Å². The van der Waals surface area contributed by atoms with Crippen molar-refractivity contribution >= 4 is 11.7 Å². The lowest BCUT2D eigenvalue weighted by atomic mass is 10.1. The molecule has 196 valence electrons. The Bertz CT molecular complexity index is 607. The van der Waals surface area contributed by atoms with E-state index in [1.165, 1.54) is 83.5 Å². The van der Waals surface area contributed by atoms with E-state index in [0.29, 0.717) is 13.3 Å². The second-order valence-electron chi connectivity index (χ2n) is 9.19. The Kier molecular flexibility index (Phi) is 19.1. The number of ether oxygens (including phenoxy) is 2. The number of phenolic OH excluding ortho intramolecular Hbond substituents is 1. The molecule has 0 fully saturated rings. The summed E-state index contributed by atoms with van der Waals surface area (Å²) in [5.74, 6) is 0.245. The summed E-state index contributed by atoms with van der Waals surface area (Å²) >= 11 is 0. The molecule has 1 atom stereocenters. The molecule has 1 rings (SSSR count). The monoisotopic (exact) mass is 477 g/mol. The average Bonchev–Trinajstić information content (AvgIpc) is 2.83. The Morgan fingerprint density at radius 1 is 0.824 bits per heavy atom. The number of unbranched alkanes of at least 4 members (excludes halogenated alkanes) is 13. The van der Waals surface area contributed by atoms with Crippen molar-refractivity contribution in [1.82, 2.24) is 0 Å². The maximum absolute atomic E-state index is 9.42. The van der Waals surface area contributed by atoms with Gasteiger partial charge in [-0.1, -0.05) is 97.3 Å². The van der Waals surface area contributed by atoms with Crippen molar-refractivity contribution in [2.45, 2.75) is 123 Å². The number of hydrogen-bond acceptors (Lipinski definition) is 5. The van der Waals surface area contributed by atoms with Crippen LogP contribution >= 0.6 is 0 Å². The van der Waals surface area contributed by atoms with Crippen LogP contribution in [0.25, 0.3) is 0 Å². The number of aliphatic imine (C=N–C) groups is 1. The lowest BCUT2D eigenvalue weighted by Gasteiger charge is -2.16. The van der Waals surface area contributed by atoms with Gasteiger partial charge in [0.25, 0.3) is 6.02 Å². The Morgan fingerprint density at radius 2 is 1.35 bits per heavy atom. The Hall–Kier alpha value is -1.95. The number of nitrogens with one attached hydrogen (secondary N) is 1. The smallest absolute Gasteiger partial charge is 0.284 e. The Morgan fingerprint density at radius 3 is 1.94 bits per heavy atom. The van der Waals surface area contributed by atoms with E-state index >= 15 is 0 Å². The molecule has 0 aromatic heterocycles. The molecule has 34 heavy (non-hydrogen) atoms. The van der Waals surface area contributed by atoms with Gasteiger partial charge >= 0.3 is 0 Å². The standard InChI is InChI=1S/C28H51N3O3/c1-3-5-7-9-11-13-15-17-23-33-28(29)31-27(18-16-14-12-10-8-6-4-2)34-24-30-25-19-21-26(32)22-20-25/h19-22,27,30,32H,3-18,23-24H2,1-2H3,(H2,29,31). The maximum atomic E-state index is 9.42. The van der Waals surface area contributed by atoms with E-state index in [2.05, 4.69) is 24.2 Å². The number of nitrogens with zero attached hydrogens (tertiary/aromatic N) is 1. The number of amidine groups is 1. The highest BCUT2D eigenvalue weighted by atomic mass is 16.5. The zero-order valence-corrected chi connectivity index (χ0v) is 21.9. The van der Waals surface area contributed by atoms with Gasteiger partial charge in [0.15, 0.2) is 6.23 Å². The largest absolute Gasteiger partial charge is 0.508 e. The van der Waals surface area contributed by atoms with Crippen LogP contribution in [-0.2, 0) is 9.47 Å². The molecule has 0 aliphatic heterocycles. The third-order valence-corrected chi connectivity index (χ3v) is 5.99. The minimum atomic E-state index is -0.321. The quantitative estimate of drug-likeness (QED) is 0.0523. The fraction of sp³-hybridized carbons (Fsp3) is 0.750. The van der Waals surface area contributed by atoms with E-state index in [0.717, 1.165) is 24.9 Å². The zero-order valence-electron chi connectivity index (χ0n) is 21.9. The van der Waals surface area contributed by atoms with E-state index in [9.17, 15) is 5.11 Å². The number of nitrogens with two attached hydrogens (primary N) is 1. The summed E-state index contributed by atoms with van der Waals surface area (Å²) in [6, 6.07) is 7.14. The summed E-state index contributed by atoms with van der Waals surface area (Å²) in [6.07, 6.45) is 19.3. The topological polar surface area (TPSA) is 89.1 Å². The summed E-state index contributed by atoms with van der Waals surface area (Å²) in [5, 5.41) is 12.6. The van der Waals surface area contributed by atoms with E-state index in [-0.39, 0.29) is 18.0 Å². The van der Waals surface area contributed by atoms with Gasteiger partial charge in [0, 0.05) is 5.69 Å². The second kappa shape index (κ2) is 21.6. The van der Waals surface area contributed by atoms with Crippen molar-refractivity contribution < 1.29 is 14.6 Å². The van der Waals surface area contributed by atoms with E-state index in [1.807, 2.05) is 12.1 Å². The summed E-state index contributed by atoms with van der Waals surface area (Å²) < 4.78 is 11.6. The van der Waals surface area contributed by atoms with Gasteiger partial charge in [0.05, 0.1) is 6.61 Å². The molecule has 0 bridgehead atoms. The Balaban J connectivity index is 2.33. The van der Waals surface area contributed by atoms with E-state index in [1.54, 1.807) is 12.1 Å². The molecule has 1 unspecified atom stereocenters. The number of phenols is 1. The van der Waals surface area contributed by atoms with Crippen molar-refractivity contribution in [3.05, 3.63) is 24.3 Å². The van der Waals surface area contributed by atoms with Crippen LogP contribution in [-0.4, -0.2) is 30.7 Å². The van der Waals surface area contributed by atoms with Crippen LogP contribution in [0.1, 0.15) is 117 Å². The molecule has 1 aromatic rings. The van der Waals surface area contributed by atoms with Crippen molar-refractivity contribution in [3.8, 4) is 5.75 Å². The number of benzene rings is 1.